The number of guanidine groups is 1. The number of halogens is 1. The molecule has 9 heteroatoms. The van der Waals surface area contributed by atoms with E-state index in [4.69, 9.17) is 4.74 Å². The highest BCUT2D eigenvalue weighted by Gasteiger charge is 2.18. The number of ether oxygens (including phenoxy) is 1. The number of aromatic nitrogens is 2. The Balaban J connectivity index is 0.00000320. The second-order valence-corrected chi connectivity index (χ2v) is 6.82. The van der Waals surface area contributed by atoms with Crippen LogP contribution in [0.1, 0.15) is 6.42 Å². The Hall–Kier alpha value is -2.14. The van der Waals surface area contributed by atoms with Gasteiger partial charge in [0.15, 0.2) is 5.96 Å². The average molecular weight is 525 g/mol. The van der Waals surface area contributed by atoms with Crippen molar-refractivity contribution in [3.63, 3.8) is 0 Å². The minimum Gasteiger partial charge on any atom is -0.492 e. The number of nitrogens with one attached hydrogen (secondary N) is 2. The highest BCUT2D eigenvalue weighted by atomic mass is 127. The van der Waals surface area contributed by atoms with Gasteiger partial charge in [-0.15, -0.1) is 24.0 Å². The van der Waals surface area contributed by atoms with Crippen LogP contribution in [0.5, 0.6) is 5.75 Å². The fraction of sp³-hybridized carbons (Fsp3) is 0.476. The minimum absolute atomic E-state index is 0. The molecule has 2 aromatic rings. The molecule has 1 aliphatic heterocycles. The van der Waals surface area contributed by atoms with E-state index in [0.717, 1.165) is 63.3 Å². The Kier molecular flexibility index (Phi) is 11.2. The molecule has 1 saturated heterocycles. The van der Waals surface area contributed by atoms with Crippen LogP contribution in [0.2, 0.25) is 0 Å². The Labute approximate surface area is 196 Å². The first kappa shape index (κ1) is 24.1. The normalized spacial score (nSPS) is 14.7. The van der Waals surface area contributed by atoms with Crippen molar-refractivity contribution < 1.29 is 4.74 Å². The summed E-state index contributed by atoms with van der Waals surface area (Å²) in [7, 11) is 1.79. The quantitative estimate of drug-likeness (QED) is 0.224. The zero-order valence-electron chi connectivity index (χ0n) is 17.5. The van der Waals surface area contributed by atoms with Crippen molar-refractivity contribution in [2.24, 2.45) is 4.99 Å². The summed E-state index contributed by atoms with van der Waals surface area (Å²) < 4.78 is 5.68. The van der Waals surface area contributed by atoms with Crippen LogP contribution in [0.15, 0.2) is 53.8 Å². The van der Waals surface area contributed by atoms with Crippen LogP contribution in [-0.4, -0.2) is 80.3 Å². The van der Waals surface area contributed by atoms with E-state index in [2.05, 4.69) is 35.4 Å². The smallest absolute Gasteiger partial charge is 0.225 e. The number of rotatable bonds is 9. The molecule has 8 nitrogen and oxygen atoms in total. The van der Waals surface area contributed by atoms with E-state index in [1.54, 1.807) is 19.4 Å². The van der Waals surface area contributed by atoms with E-state index in [1.165, 1.54) is 0 Å². The molecule has 0 radical (unpaired) electrons. The molecule has 1 aromatic carbocycles. The molecule has 1 aromatic heterocycles. The maximum Gasteiger partial charge on any atom is 0.225 e. The number of anilines is 1. The zero-order chi connectivity index (χ0) is 20.2. The fourth-order valence-corrected chi connectivity index (χ4v) is 3.21. The van der Waals surface area contributed by atoms with Gasteiger partial charge in [0.2, 0.25) is 5.95 Å². The summed E-state index contributed by atoms with van der Waals surface area (Å²) in [6, 6.07) is 11.7. The predicted octanol–water partition coefficient (Wildman–Crippen LogP) is 1.85. The molecule has 1 fully saturated rings. The summed E-state index contributed by atoms with van der Waals surface area (Å²) in [5, 5.41) is 6.65. The Morgan fingerprint density at radius 2 is 1.70 bits per heavy atom. The van der Waals surface area contributed by atoms with Crippen molar-refractivity contribution in [2.45, 2.75) is 6.42 Å². The molecule has 0 saturated carbocycles. The second kappa shape index (κ2) is 14.0. The maximum absolute atomic E-state index is 5.68. The van der Waals surface area contributed by atoms with E-state index in [-0.39, 0.29) is 24.0 Å². The van der Waals surface area contributed by atoms with Crippen molar-refractivity contribution >= 4 is 35.9 Å². The molecule has 0 bridgehead atoms. The average Bonchev–Trinajstić information content (AvgIpc) is 2.79. The van der Waals surface area contributed by atoms with Gasteiger partial charge in [-0.05, 0) is 31.2 Å². The molecule has 0 unspecified atom stereocenters. The molecule has 0 aliphatic carbocycles. The van der Waals surface area contributed by atoms with Gasteiger partial charge in [-0.1, -0.05) is 18.2 Å². The van der Waals surface area contributed by atoms with Gasteiger partial charge in [0, 0.05) is 52.2 Å². The molecule has 0 atom stereocenters. The van der Waals surface area contributed by atoms with Crippen molar-refractivity contribution in [3.05, 3.63) is 48.8 Å². The van der Waals surface area contributed by atoms with Crippen LogP contribution in [0.4, 0.5) is 5.95 Å². The van der Waals surface area contributed by atoms with Gasteiger partial charge in [0.05, 0.1) is 6.54 Å². The molecule has 0 spiro atoms. The van der Waals surface area contributed by atoms with Gasteiger partial charge in [-0.2, -0.15) is 0 Å². The van der Waals surface area contributed by atoms with Crippen molar-refractivity contribution in [1.29, 1.82) is 0 Å². The number of hydrogen-bond donors (Lipinski definition) is 2. The van der Waals surface area contributed by atoms with Crippen LogP contribution in [0, 0.1) is 0 Å². The van der Waals surface area contributed by atoms with Gasteiger partial charge in [0.25, 0.3) is 0 Å². The first-order chi connectivity index (χ1) is 14.3. The van der Waals surface area contributed by atoms with E-state index in [9.17, 15) is 0 Å². The highest BCUT2D eigenvalue weighted by Crippen LogP contribution is 2.09. The van der Waals surface area contributed by atoms with Crippen LogP contribution in [0.25, 0.3) is 0 Å². The van der Waals surface area contributed by atoms with Crippen LogP contribution in [0.3, 0.4) is 0 Å². The van der Waals surface area contributed by atoms with Crippen molar-refractivity contribution in [2.75, 3.05) is 64.4 Å². The van der Waals surface area contributed by atoms with E-state index in [1.807, 2.05) is 36.4 Å². The minimum atomic E-state index is 0. The number of aliphatic imine (C=N–C) groups is 1. The molecule has 2 N–H and O–H groups in total. The van der Waals surface area contributed by atoms with E-state index >= 15 is 0 Å². The third kappa shape index (κ3) is 8.31. The standard InChI is InChI=1S/C21H31N7O.HI/c1-22-20(24-12-18-29-19-7-3-2-4-8-19)23-11-6-13-27-14-16-28(17-15-27)21-25-9-5-10-26-21;/h2-5,7-10H,6,11-18H2,1H3,(H2,22,23,24);1H. The summed E-state index contributed by atoms with van der Waals surface area (Å²) in [6.45, 7) is 7.30. The molecule has 1 aliphatic rings. The largest absolute Gasteiger partial charge is 0.492 e. The topological polar surface area (TPSA) is 77.9 Å². The molecular weight excluding hydrogens is 493 g/mol. The third-order valence-electron chi connectivity index (χ3n) is 4.78. The summed E-state index contributed by atoms with van der Waals surface area (Å²) in [6.07, 6.45) is 4.67. The maximum atomic E-state index is 5.68. The predicted molar refractivity (Wildman–Crippen MR) is 132 cm³/mol. The lowest BCUT2D eigenvalue weighted by Crippen LogP contribution is -2.47. The summed E-state index contributed by atoms with van der Waals surface area (Å²) in [5.41, 5.74) is 0. The lowest BCUT2D eigenvalue weighted by molar-refractivity contribution is 0.254. The van der Waals surface area contributed by atoms with Gasteiger partial charge in [0.1, 0.15) is 12.4 Å². The van der Waals surface area contributed by atoms with Crippen LogP contribution in [-0.2, 0) is 0 Å². The lowest BCUT2D eigenvalue weighted by atomic mass is 10.3. The van der Waals surface area contributed by atoms with Gasteiger partial charge in [-0.25, -0.2) is 9.97 Å². The fourth-order valence-electron chi connectivity index (χ4n) is 3.21. The Bertz CT molecular complexity index is 725. The van der Waals surface area contributed by atoms with Gasteiger partial charge < -0.3 is 20.3 Å². The first-order valence-corrected chi connectivity index (χ1v) is 10.2. The molecule has 0 amide bonds. The highest BCUT2D eigenvalue weighted by molar-refractivity contribution is 14.0. The van der Waals surface area contributed by atoms with Gasteiger partial charge >= 0.3 is 0 Å². The Morgan fingerprint density at radius 3 is 2.40 bits per heavy atom. The first-order valence-electron chi connectivity index (χ1n) is 10.2. The number of piperazine rings is 1. The van der Waals surface area contributed by atoms with Crippen LogP contribution < -0.4 is 20.3 Å². The summed E-state index contributed by atoms with van der Waals surface area (Å²) >= 11 is 0. The number of hydrogen-bond acceptors (Lipinski definition) is 6. The van der Waals surface area contributed by atoms with Crippen molar-refractivity contribution in [3.8, 4) is 5.75 Å². The van der Waals surface area contributed by atoms with E-state index < -0.39 is 0 Å². The summed E-state index contributed by atoms with van der Waals surface area (Å²) in [5.74, 6) is 2.53. The molecule has 30 heavy (non-hydrogen) atoms. The molecule has 2 heterocycles. The molecular formula is C21H32IN7O. The SMILES string of the molecule is CN=C(NCCCN1CCN(c2ncccn2)CC1)NCCOc1ccccc1.I. The summed E-state index contributed by atoms with van der Waals surface area (Å²) in [4.78, 5) is 17.7. The van der Waals surface area contributed by atoms with Gasteiger partial charge in [-0.3, -0.25) is 9.89 Å². The van der Waals surface area contributed by atoms with Crippen LogP contribution >= 0.6 is 24.0 Å². The number of para-hydroxylation sites is 1. The number of benzene rings is 1. The van der Waals surface area contributed by atoms with E-state index in [0.29, 0.717) is 13.2 Å². The number of nitrogens with zero attached hydrogens (tertiary/aromatic N) is 5. The monoisotopic (exact) mass is 525 g/mol. The molecule has 164 valence electrons. The second-order valence-electron chi connectivity index (χ2n) is 6.82. The zero-order valence-corrected chi connectivity index (χ0v) is 19.9. The Morgan fingerprint density at radius 1 is 1.00 bits per heavy atom. The molecule has 3 rings (SSSR count). The van der Waals surface area contributed by atoms with Crippen molar-refractivity contribution in [1.82, 2.24) is 25.5 Å². The third-order valence-corrected chi connectivity index (χ3v) is 4.78. The lowest BCUT2D eigenvalue weighted by Gasteiger charge is -2.34.